The molecule has 1 aromatic rings. The van der Waals surface area contributed by atoms with Crippen LogP contribution in [0.4, 0.5) is 0 Å². The van der Waals surface area contributed by atoms with Gasteiger partial charge in [-0.25, -0.2) is 0 Å². The van der Waals surface area contributed by atoms with Gasteiger partial charge in [0.25, 0.3) is 10.1 Å². The Balaban J connectivity index is 3.22. The molecule has 2 radical (unpaired) electrons. The molecule has 0 atom stereocenters. The van der Waals surface area contributed by atoms with Crippen molar-refractivity contribution in [2.75, 3.05) is 0 Å². The number of rotatable bonds is 1. The Kier molecular flexibility index (Phi) is 1.74. The van der Waals surface area contributed by atoms with E-state index in [1.165, 1.54) is 12.1 Å². The van der Waals surface area contributed by atoms with Gasteiger partial charge in [0.05, 0.1) is 4.90 Å². The highest BCUT2D eigenvalue weighted by Gasteiger charge is 2.05. The smallest absolute Gasteiger partial charge is 0.282 e. The summed E-state index contributed by atoms with van der Waals surface area (Å²) in [6, 6.07) is 8.66. The van der Waals surface area contributed by atoms with Crippen LogP contribution in [0.5, 0.6) is 0 Å². The Morgan fingerprint density at radius 2 is 2.10 bits per heavy atom. The molecular weight excluding hydrogens is 152 g/mol. The first-order valence-corrected chi connectivity index (χ1v) is 3.90. The first kappa shape index (κ1) is 7.24. The number of benzene rings is 1. The fraction of sp³-hybridized carbons (Fsp3) is 0. The highest BCUT2D eigenvalue weighted by molar-refractivity contribution is 7.85. The van der Waals surface area contributed by atoms with Gasteiger partial charge in [0.15, 0.2) is 0 Å². The van der Waals surface area contributed by atoms with Crippen LogP contribution in [0.25, 0.3) is 0 Å². The second-order valence-corrected chi connectivity index (χ2v) is 3.07. The van der Waals surface area contributed by atoms with Gasteiger partial charge in [0, 0.05) is 0 Å². The zero-order chi connectivity index (χ0) is 7.61. The van der Waals surface area contributed by atoms with Crippen molar-refractivity contribution in [2.24, 2.45) is 0 Å². The lowest BCUT2D eigenvalue weighted by Crippen LogP contribution is -1.96. The Hall–Kier alpha value is -0.870. The summed E-state index contributed by atoms with van der Waals surface area (Å²) >= 11 is 0. The molecule has 0 saturated carbocycles. The van der Waals surface area contributed by atoms with Gasteiger partial charge in [-0.15, -0.1) is 0 Å². The van der Waals surface area contributed by atoms with E-state index in [0.717, 1.165) is 6.07 Å². The Morgan fingerprint density at radius 3 is 2.40 bits per heavy atom. The summed E-state index contributed by atoms with van der Waals surface area (Å²) in [7, 11) is -4.05. The maximum atomic E-state index is 10.4. The monoisotopic (exact) mass is 156 g/mol. The van der Waals surface area contributed by atoms with Gasteiger partial charge in [0.1, 0.15) is 0 Å². The molecule has 0 aliphatic carbocycles. The van der Waals surface area contributed by atoms with E-state index in [0.29, 0.717) is 0 Å². The lowest BCUT2D eigenvalue weighted by atomic mass is 10.4. The molecule has 3 nitrogen and oxygen atoms in total. The summed E-state index contributed by atoms with van der Waals surface area (Å²) in [4.78, 5) is -0.161. The van der Waals surface area contributed by atoms with E-state index in [1.54, 1.807) is 0 Å². The van der Waals surface area contributed by atoms with Crippen molar-refractivity contribution in [3.05, 3.63) is 30.3 Å². The van der Waals surface area contributed by atoms with Gasteiger partial charge in [-0.3, -0.25) is 4.55 Å². The fourth-order valence-electron chi connectivity index (χ4n) is 0.493. The van der Waals surface area contributed by atoms with Crippen molar-refractivity contribution >= 4 is 10.1 Å². The molecule has 0 saturated heterocycles. The highest BCUT2D eigenvalue weighted by Crippen LogP contribution is 2.04. The highest BCUT2D eigenvalue weighted by atomic mass is 32.2. The lowest BCUT2D eigenvalue weighted by molar-refractivity contribution is 0.483. The predicted molar refractivity (Wildman–Crippen MR) is 33.9 cm³/mol. The van der Waals surface area contributed by atoms with Crippen LogP contribution in [-0.2, 0) is 10.1 Å². The summed E-state index contributed by atoms with van der Waals surface area (Å²) in [5.74, 6) is 0. The first-order chi connectivity index (χ1) is 4.61. The third-order valence-electron chi connectivity index (χ3n) is 0.927. The van der Waals surface area contributed by atoms with Crippen LogP contribution in [0.2, 0.25) is 0 Å². The van der Waals surface area contributed by atoms with E-state index in [1.807, 2.05) is 0 Å². The van der Waals surface area contributed by atoms with Crippen LogP contribution in [0.1, 0.15) is 0 Å². The molecule has 0 unspecified atom stereocenters. The van der Waals surface area contributed by atoms with Crippen molar-refractivity contribution in [1.29, 1.82) is 0 Å². The maximum Gasteiger partial charge on any atom is 0.294 e. The molecule has 1 N–H and O–H groups in total. The van der Waals surface area contributed by atoms with Crippen molar-refractivity contribution < 1.29 is 13.0 Å². The largest absolute Gasteiger partial charge is 0.294 e. The Labute approximate surface area is 59.1 Å². The van der Waals surface area contributed by atoms with Gasteiger partial charge in [0.2, 0.25) is 0 Å². The third kappa shape index (κ3) is 1.55. The molecule has 0 heterocycles. The van der Waals surface area contributed by atoms with E-state index in [9.17, 15) is 8.42 Å². The van der Waals surface area contributed by atoms with Crippen LogP contribution in [-0.4, -0.2) is 13.0 Å². The predicted octanol–water partition coefficient (Wildman–Crippen LogP) is 0.534. The van der Waals surface area contributed by atoms with Crippen LogP contribution < -0.4 is 0 Å². The minimum absolute atomic E-state index is 0.161. The summed E-state index contributed by atoms with van der Waals surface area (Å²) < 4.78 is 29.1. The van der Waals surface area contributed by atoms with Crippen molar-refractivity contribution in [3.8, 4) is 0 Å². The van der Waals surface area contributed by atoms with E-state index < -0.39 is 10.1 Å². The molecule has 10 heavy (non-hydrogen) atoms. The third-order valence-corrected chi connectivity index (χ3v) is 1.78. The molecular formula is C6H4O3S. The summed E-state index contributed by atoms with van der Waals surface area (Å²) in [5.41, 5.74) is 0. The molecule has 0 aliphatic rings. The Bertz CT molecular complexity index is 301. The summed E-state index contributed by atoms with van der Waals surface area (Å²) in [6.07, 6.45) is 0. The van der Waals surface area contributed by atoms with Gasteiger partial charge in [-0.2, -0.15) is 8.42 Å². The number of hydrogen-bond acceptors (Lipinski definition) is 2. The van der Waals surface area contributed by atoms with E-state index in [4.69, 9.17) is 4.55 Å². The minimum atomic E-state index is -4.05. The molecule has 0 amide bonds. The topological polar surface area (TPSA) is 54.4 Å². The van der Waals surface area contributed by atoms with Crippen LogP contribution in [0.3, 0.4) is 0 Å². The SMILES string of the molecule is O=S(=O)(O)c1c[c][c]cc1. The molecule has 0 fully saturated rings. The minimum Gasteiger partial charge on any atom is -0.282 e. The molecule has 4 heteroatoms. The van der Waals surface area contributed by atoms with Gasteiger partial charge < -0.3 is 0 Å². The van der Waals surface area contributed by atoms with Crippen LogP contribution >= 0.6 is 0 Å². The number of hydrogen-bond donors (Lipinski definition) is 1. The van der Waals surface area contributed by atoms with Crippen molar-refractivity contribution in [1.82, 2.24) is 0 Å². The normalized spacial score (nSPS) is 11.3. The Morgan fingerprint density at radius 1 is 1.40 bits per heavy atom. The zero-order valence-corrected chi connectivity index (χ0v) is 5.72. The van der Waals surface area contributed by atoms with Gasteiger partial charge in [-0.05, 0) is 24.3 Å². The molecule has 0 spiro atoms. The lowest BCUT2D eigenvalue weighted by Gasteiger charge is -1.91. The molecule has 0 aliphatic heterocycles. The maximum absolute atomic E-state index is 10.4. The quantitative estimate of drug-likeness (QED) is 0.603. The molecule has 52 valence electrons. The second-order valence-electron chi connectivity index (χ2n) is 1.64. The van der Waals surface area contributed by atoms with Crippen LogP contribution in [0.15, 0.2) is 23.1 Å². The molecule has 0 aromatic heterocycles. The summed E-state index contributed by atoms with van der Waals surface area (Å²) in [6.45, 7) is 0. The van der Waals surface area contributed by atoms with Gasteiger partial charge >= 0.3 is 0 Å². The molecule has 1 rings (SSSR count). The van der Waals surface area contributed by atoms with Gasteiger partial charge in [-0.1, -0.05) is 6.07 Å². The summed E-state index contributed by atoms with van der Waals surface area (Å²) in [5, 5.41) is 0. The molecule has 1 aromatic carbocycles. The average Bonchev–Trinajstić information content (AvgIpc) is 1.88. The van der Waals surface area contributed by atoms with E-state index in [2.05, 4.69) is 12.1 Å². The van der Waals surface area contributed by atoms with Crippen molar-refractivity contribution in [3.63, 3.8) is 0 Å². The second kappa shape index (κ2) is 2.40. The fourth-order valence-corrected chi connectivity index (χ4v) is 0.941. The first-order valence-electron chi connectivity index (χ1n) is 2.46. The zero-order valence-electron chi connectivity index (χ0n) is 4.90. The van der Waals surface area contributed by atoms with Crippen LogP contribution in [0, 0.1) is 12.1 Å². The van der Waals surface area contributed by atoms with E-state index >= 15 is 0 Å². The van der Waals surface area contributed by atoms with E-state index in [-0.39, 0.29) is 4.90 Å². The average molecular weight is 156 g/mol. The van der Waals surface area contributed by atoms with Crippen molar-refractivity contribution in [2.45, 2.75) is 4.90 Å². The molecule has 0 bridgehead atoms. The standard InChI is InChI=1S/C6H4O3S/c7-10(8,9)6-4-2-1-3-5-6/h2,4-5H,(H,7,8,9).